The van der Waals surface area contributed by atoms with Crippen molar-refractivity contribution in [1.29, 1.82) is 0 Å². The van der Waals surface area contributed by atoms with Crippen molar-refractivity contribution in [3.8, 4) is 0 Å². The van der Waals surface area contributed by atoms with Gasteiger partial charge < -0.3 is 9.64 Å². The second kappa shape index (κ2) is 5.28. The second-order valence-electron chi connectivity index (χ2n) is 4.52. The second-order valence-corrected chi connectivity index (χ2v) is 6.36. The van der Waals surface area contributed by atoms with Gasteiger partial charge in [-0.1, -0.05) is 12.1 Å². The van der Waals surface area contributed by atoms with Crippen molar-refractivity contribution in [2.45, 2.75) is 18.3 Å². The van der Waals surface area contributed by atoms with Crippen LogP contribution in [0.25, 0.3) is 0 Å². The molecule has 0 radical (unpaired) electrons. The molecule has 6 nitrogen and oxygen atoms in total. The van der Waals surface area contributed by atoms with Gasteiger partial charge in [-0.3, -0.25) is 4.79 Å². The predicted octanol–water partition coefficient (Wildman–Crippen LogP) is 0.227. The van der Waals surface area contributed by atoms with E-state index in [0.29, 0.717) is 12.3 Å². The van der Waals surface area contributed by atoms with E-state index in [1.54, 1.807) is 19.2 Å². The number of primary sulfonamides is 1. The van der Waals surface area contributed by atoms with Crippen molar-refractivity contribution in [2.24, 2.45) is 5.14 Å². The van der Waals surface area contributed by atoms with Crippen LogP contribution < -0.4 is 10.0 Å². The first-order chi connectivity index (χ1) is 8.91. The summed E-state index contributed by atoms with van der Waals surface area (Å²) in [7, 11) is -2.07. The van der Waals surface area contributed by atoms with E-state index in [2.05, 4.69) is 0 Å². The Morgan fingerprint density at radius 2 is 2.00 bits per heavy atom. The van der Waals surface area contributed by atoms with Crippen molar-refractivity contribution in [2.75, 3.05) is 18.6 Å². The number of anilines is 1. The highest BCUT2D eigenvalue weighted by atomic mass is 32.2. The fourth-order valence-electron chi connectivity index (χ4n) is 2.08. The molecule has 1 aromatic rings. The summed E-state index contributed by atoms with van der Waals surface area (Å²) < 4.78 is 27.6. The lowest BCUT2D eigenvalue weighted by molar-refractivity contribution is -0.117. The number of carbonyl (C=O) groups is 1. The third-order valence-electron chi connectivity index (χ3n) is 3.11. The van der Waals surface area contributed by atoms with Gasteiger partial charge in [-0.2, -0.15) is 0 Å². The zero-order valence-corrected chi connectivity index (χ0v) is 11.4. The first kappa shape index (κ1) is 14.0. The predicted molar refractivity (Wildman–Crippen MR) is 71.0 cm³/mol. The van der Waals surface area contributed by atoms with Gasteiger partial charge in [-0.15, -0.1) is 0 Å². The van der Waals surface area contributed by atoms with Gasteiger partial charge in [0.2, 0.25) is 15.9 Å². The molecular formula is C12H16N2O4S. The summed E-state index contributed by atoms with van der Waals surface area (Å²) in [5.41, 5.74) is 1.66. The number of ether oxygens (including phenoxy) is 1. The quantitative estimate of drug-likeness (QED) is 0.857. The molecule has 1 saturated heterocycles. The number of benzene rings is 1. The number of amides is 1. The maximum Gasteiger partial charge on any atom is 0.228 e. The van der Waals surface area contributed by atoms with E-state index in [1.807, 2.05) is 12.1 Å². The normalized spacial score (nSPS) is 20.0. The summed E-state index contributed by atoms with van der Waals surface area (Å²) in [6, 6.07) is 7.24. The molecule has 2 N–H and O–H groups in total. The molecule has 1 unspecified atom stereocenters. The van der Waals surface area contributed by atoms with E-state index in [1.165, 1.54) is 4.90 Å². The Morgan fingerprint density at radius 3 is 2.47 bits per heavy atom. The van der Waals surface area contributed by atoms with Crippen LogP contribution in [0.4, 0.5) is 5.69 Å². The van der Waals surface area contributed by atoms with Gasteiger partial charge in [-0.05, 0) is 17.7 Å². The van der Waals surface area contributed by atoms with Gasteiger partial charge in [0, 0.05) is 25.8 Å². The number of carbonyl (C=O) groups excluding carboxylic acids is 1. The van der Waals surface area contributed by atoms with Crippen LogP contribution in [0.2, 0.25) is 0 Å². The fraction of sp³-hybridized carbons (Fsp3) is 0.417. The minimum absolute atomic E-state index is 0.0569. The van der Waals surface area contributed by atoms with Crippen LogP contribution in [-0.4, -0.2) is 33.2 Å². The van der Waals surface area contributed by atoms with Gasteiger partial charge in [0.05, 0.1) is 6.61 Å². The van der Waals surface area contributed by atoms with Crippen LogP contribution in [0.3, 0.4) is 0 Å². The van der Waals surface area contributed by atoms with Crippen LogP contribution in [0, 0.1) is 0 Å². The van der Waals surface area contributed by atoms with E-state index in [-0.39, 0.29) is 18.9 Å². The molecule has 19 heavy (non-hydrogen) atoms. The summed E-state index contributed by atoms with van der Waals surface area (Å²) in [6.07, 6.45) is -0.0569. The maximum atomic E-state index is 11.8. The summed E-state index contributed by atoms with van der Waals surface area (Å²) >= 11 is 0. The molecule has 1 aliphatic rings. The number of rotatable bonds is 4. The van der Waals surface area contributed by atoms with E-state index < -0.39 is 15.3 Å². The number of sulfonamides is 1. The van der Waals surface area contributed by atoms with Gasteiger partial charge in [0.15, 0.2) is 0 Å². The van der Waals surface area contributed by atoms with E-state index in [0.717, 1.165) is 5.56 Å². The topological polar surface area (TPSA) is 89.7 Å². The average Bonchev–Trinajstić information content (AvgIpc) is 2.73. The summed E-state index contributed by atoms with van der Waals surface area (Å²) in [4.78, 5) is 13.3. The first-order valence-corrected chi connectivity index (χ1v) is 7.42. The molecule has 104 valence electrons. The van der Waals surface area contributed by atoms with Crippen LogP contribution in [0.1, 0.15) is 12.0 Å². The van der Waals surface area contributed by atoms with Crippen molar-refractivity contribution >= 4 is 21.6 Å². The van der Waals surface area contributed by atoms with Gasteiger partial charge >= 0.3 is 0 Å². The molecule has 0 aliphatic carbocycles. The largest absolute Gasteiger partial charge is 0.380 e. The zero-order chi connectivity index (χ0) is 14.0. The van der Waals surface area contributed by atoms with Gasteiger partial charge in [-0.25, -0.2) is 13.6 Å². The Balaban J connectivity index is 2.16. The Morgan fingerprint density at radius 1 is 1.37 bits per heavy atom. The highest BCUT2D eigenvalue weighted by molar-refractivity contribution is 7.89. The molecule has 0 bridgehead atoms. The number of methoxy groups -OCH3 is 1. The van der Waals surface area contributed by atoms with Crippen LogP contribution in [0.15, 0.2) is 24.3 Å². The van der Waals surface area contributed by atoms with Crippen LogP contribution in [0.5, 0.6) is 0 Å². The molecule has 1 aromatic carbocycles. The lowest BCUT2D eigenvalue weighted by Gasteiger charge is -2.16. The summed E-state index contributed by atoms with van der Waals surface area (Å²) in [6.45, 7) is 0.606. The zero-order valence-electron chi connectivity index (χ0n) is 10.6. The molecule has 1 fully saturated rings. The first-order valence-electron chi connectivity index (χ1n) is 5.81. The van der Waals surface area contributed by atoms with Crippen molar-refractivity contribution in [3.63, 3.8) is 0 Å². The van der Waals surface area contributed by atoms with Crippen molar-refractivity contribution in [1.82, 2.24) is 0 Å². The van der Waals surface area contributed by atoms with Crippen molar-refractivity contribution < 1.29 is 17.9 Å². The van der Waals surface area contributed by atoms with E-state index in [9.17, 15) is 13.2 Å². The standard InChI is InChI=1S/C12H16N2O4S/c1-18-8-9-2-4-10(5-3-9)14-7-11(6-12(14)15)19(13,16)17/h2-5,11H,6-8H2,1H3,(H2,13,16,17). The lowest BCUT2D eigenvalue weighted by atomic mass is 10.2. The molecular weight excluding hydrogens is 268 g/mol. The van der Waals surface area contributed by atoms with Gasteiger partial charge in [0.1, 0.15) is 5.25 Å². The van der Waals surface area contributed by atoms with Crippen LogP contribution >= 0.6 is 0 Å². The monoisotopic (exact) mass is 284 g/mol. The lowest BCUT2D eigenvalue weighted by Crippen LogP contribution is -2.32. The highest BCUT2D eigenvalue weighted by Gasteiger charge is 2.37. The smallest absolute Gasteiger partial charge is 0.228 e. The molecule has 1 atom stereocenters. The minimum Gasteiger partial charge on any atom is -0.380 e. The molecule has 1 amide bonds. The SMILES string of the molecule is COCc1ccc(N2CC(S(N)(=O)=O)CC2=O)cc1. The summed E-state index contributed by atoms with van der Waals surface area (Å²) in [5.74, 6) is -0.224. The van der Waals surface area contributed by atoms with Gasteiger partial charge in [0.25, 0.3) is 0 Å². The number of nitrogens with zero attached hydrogens (tertiary/aromatic N) is 1. The Bertz CT molecular complexity index is 568. The number of nitrogens with two attached hydrogens (primary N) is 1. The van der Waals surface area contributed by atoms with E-state index >= 15 is 0 Å². The molecule has 2 rings (SSSR count). The highest BCUT2D eigenvalue weighted by Crippen LogP contribution is 2.24. The molecule has 0 spiro atoms. The average molecular weight is 284 g/mol. The fourth-order valence-corrected chi connectivity index (χ4v) is 2.81. The molecule has 0 aromatic heterocycles. The summed E-state index contributed by atoms with van der Waals surface area (Å²) in [5, 5.41) is 4.26. The minimum atomic E-state index is -3.68. The molecule has 7 heteroatoms. The Hall–Kier alpha value is -1.44. The Labute approximate surface area is 112 Å². The third kappa shape index (κ3) is 3.12. The third-order valence-corrected chi connectivity index (χ3v) is 4.36. The number of hydrogen-bond acceptors (Lipinski definition) is 4. The van der Waals surface area contributed by atoms with Crippen molar-refractivity contribution in [3.05, 3.63) is 29.8 Å². The van der Waals surface area contributed by atoms with Crippen LogP contribution in [-0.2, 0) is 26.2 Å². The molecule has 1 aliphatic heterocycles. The molecule has 0 saturated carbocycles. The Kier molecular flexibility index (Phi) is 3.88. The number of hydrogen-bond donors (Lipinski definition) is 1. The van der Waals surface area contributed by atoms with E-state index in [4.69, 9.17) is 9.88 Å². The molecule has 1 heterocycles. The maximum absolute atomic E-state index is 11.8.